The first-order chi connectivity index (χ1) is 14.6. The van der Waals surface area contributed by atoms with Gasteiger partial charge < -0.3 is 14.1 Å². The SMILES string of the molecule is CCOc1ccc(N2CC(c3nnc(NC(=O)CCC4CCCC4)o3)CC2=O)cc1. The van der Waals surface area contributed by atoms with Gasteiger partial charge in [-0.3, -0.25) is 14.9 Å². The van der Waals surface area contributed by atoms with Crippen LogP contribution >= 0.6 is 0 Å². The van der Waals surface area contributed by atoms with Gasteiger partial charge in [-0.15, -0.1) is 5.10 Å². The molecule has 1 unspecified atom stereocenters. The standard InChI is InChI=1S/C22H28N4O4/c1-2-29-18-10-8-17(9-11-18)26-14-16(13-20(26)28)21-24-25-22(30-21)23-19(27)12-7-15-5-3-4-6-15/h8-11,15-16H,2-7,12-14H2,1H3,(H,23,25,27). The van der Waals surface area contributed by atoms with E-state index in [4.69, 9.17) is 9.15 Å². The van der Waals surface area contributed by atoms with Crippen molar-refractivity contribution in [3.63, 3.8) is 0 Å². The third-order valence-electron chi connectivity index (χ3n) is 5.88. The van der Waals surface area contributed by atoms with Gasteiger partial charge in [0.25, 0.3) is 0 Å². The van der Waals surface area contributed by atoms with Crippen LogP contribution in [0.25, 0.3) is 0 Å². The Kier molecular flexibility index (Phi) is 6.30. The van der Waals surface area contributed by atoms with Crippen molar-refractivity contribution in [2.75, 3.05) is 23.4 Å². The highest BCUT2D eigenvalue weighted by atomic mass is 16.5. The maximum absolute atomic E-state index is 12.5. The van der Waals surface area contributed by atoms with Crippen molar-refractivity contribution < 1.29 is 18.7 Å². The number of hydrogen-bond acceptors (Lipinski definition) is 6. The van der Waals surface area contributed by atoms with Crippen LogP contribution < -0.4 is 15.0 Å². The lowest BCUT2D eigenvalue weighted by Gasteiger charge is -2.16. The van der Waals surface area contributed by atoms with Crippen LogP contribution in [-0.2, 0) is 9.59 Å². The molecule has 4 rings (SSSR count). The average Bonchev–Trinajstić information content (AvgIpc) is 3.48. The summed E-state index contributed by atoms with van der Waals surface area (Å²) in [6.07, 6.45) is 6.65. The Bertz CT molecular complexity index is 874. The molecule has 1 N–H and O–H groups in total. The van der Waals surface area contributed by atoms with E-state index in [1.807, 2.05) is 31.2 Å². The fourth-order valence-electron chi connectivity index (χ4n) is 4.28. The summed E-state index contributed by atoms with van der Waals surface area (Å²) in [6.45, 7) is 2.99. The van der Waals surface area contributed by atoms with E-state index >= 15 is 0 Å². The lowest BCUT2D eigenvalue weighted by atomic mass is 10.0. The molecular formula is C22H28N4O4. The number of rotatable bonds is 8. The van der Waals surface area contributed by atoms with E-state index in [1.54, 1.807) is 4.90 Å². The van der Waals surface area contributed by atoms with Crippen LogP contribution in [0.15, 0.2) is 28.7 Å². The monoisotopic (exact) mass is 412 g/mol. The van der Waals surface area contributed by atoms with Crippen molar-refractivity contribution in [1.29, 1.82) is 0 Å². The molecular weight excluding hydrogens is 384 g/mol. The number of ether oxygens (including phenoxy) is 1. The highest BCUT2D eigenvalue weighted by molar-refractivity contribution is 5.96. The fourth-order valence-corrected chi connectivity index (χ4v) is 4.28. The molecule has 2 aliphatic rings. The highest BCUT2D eigenvalue weighted by Crippen LogP contribution is 2.33. The van der Waals surface area contributed by atoms with E-state index in [9.17, 15) is 9.59 Å². The molecule has 2 amide bonds. The number of amides is 2. The Labute approximate surface area is 176 Å². The molecule has 1 aromatic carbocycles. The van der Waals surface area contributed by atoms with Gasteiger partial charge in [-0.1, -0.05) is 30.8 Å². The molecule has 160 valence electrons. The summed E-state index contributed by atoms with van der Waals surface area (Å²) in [5.41, 5.74) is 0.811. The van der Waals surface area contributed by atoms with Crippen LogP contribution in [0, 0.1) is 5.92 Å². The van der Waals surface area contributed by atoms with Crippen LogP contribution in [-0.4, -0.2) is 35.2 Å². The van der Waals surface area contributed by atoms with E-state index in [0.29, 0.717) is 37.8 Å². The topological polar surface area (TPSA) is 97.6 Å². The maximum atomic E-state index is 12.5. The van der Waals surface area contributed by atoms with Gasteiger partial charge in [-0.05, 0) is 43.5 Å². The van der Waals surface area contributed by atoms with Gasteiger partial charge in [0.2, 0.25) is 17.7 Å². The largest absolute Gasteiger partial charge is 0.494 e. The molecule has 0 spiro atoms. The van der Waals surface area contributed by atoms with E-state index < -0.39 is 0 Å². The summed E-state index contributed by atoms with van der Waals surface area (Å²) in [6, 6.07) is 7.55. The van der Waals surface area contributed by atoms with Crippen molar-refractivity contribution in [1.82, 2.24) is 10.2 Å². The highest BCUT2D eigenvalue weighted by Gasteiger charge is 2.35. The second-order valence-corrected chi connectivity index (χ2v) is 8.02. The summed E-state index contributed by atoms with van der Waals surface area (Å²) < 4.78 is 11.1. The number of anilines is 2. The number of nitrogens with one attached hydrogen (secondary N) is 1. The summed E-state index contributed by atoms with van der Waals surface area (Å²) in [4.78, 5) is 26.4. The van der Waals surface area contributed by atoms with Gasteiger partial charge in [0, 0.05) is 25.1 Å². The second kappa shape index (κ2) is 9.28. The molecule has 1 aliphatic carbocycles. The lowest BCUT2D eigenvalue weighted by molar-refractivity contribution is -0.117. The van der Waals surface area contributed by atoms with Crippen molar-refractivity contribution in [3.05, 3.63) is 30.2 Å². The Morgan fingerprint density at radius 3 is 2.73 bits per heavy atom. The predicted molar refractivity (Wildman–Crippen MR) is 111 cm³/mol. The molecule has 0 bridgehead atoms. The van der Waals surface area contributed by atoms with E-state index in [2.05, 4.69) is 15.5 Å². The third-order valence-corrected chi connectivity index (χ3v) is 5.88. The van der Waals surface area contributed by atoms with Crippen LogP contribution in [0.2, 0.25) is 0 Å². The first-order valence-corrected chi connectivity index (χ1v) is 10.8. The van der Waals surface area contributed by atoms with Gasteiger partial charge in [0.1, 0.15) is 5.75 Å². The molecule has 1 aromatic heterocycles. The number of aromatic nitrogens is 2. The smallest absolute Gasteiger partial charge is 0.322 e. The molecule has 8 heteroatoms. The molecule has 2 aromatic rings. The van der Waals surface area contributed by atoms with Gasteiger partial charge in [-0.25, -0.2) is 0 Å². The van der Waals surface area contributed by atoms with Crippen LogP contribution in [0.5, 0.6) is 5.75 Å². The minimum atomic E-state index is -0.194. The zero-order chi connectivity index (χ0) is 20.9. The van der Waals surface area contributed by atoms with Crippen molar-refractivity contribution in [2.45, 2.75) is 57.8 Å². The molecule has 30 heavy (non-hydrogen) atoms. The number of carbonyl (C=O) groups is 2. The van der Waals surface area contributed by atoms with Crippen LogP contribution in [0.3, 0.4) is 0 Å². The quantitative estimate of drug-likeness (QED) is 0.706. The fraction of sp³-hybridized carbons (Fsp3) is 0.545. The lowest BCUT2D eigenvalue weighted by Crippen LogP contribution is -2.24. The maximum Gasteiger partial charge on any atom is 0.322 e. The third kappa shape index (κ3) is 4.80. The van der Waals surface area contributed by atoms with Crippen LogP contribution in [0.1, 0.15) is 63.7 Å². The van der Waals surface area contributed by atoms with E-state index in [-0.39, 0.29) is 23.7 Å². The Balaban J connectivity index is 1.32. The molecule has 1 aliphatic heterocycles. The van der Waals surface area contributed by atoms with Crippen molar-refractivity contribution in [3.8, 4) is 5.75 Å². The zero-order valence-electron chi connectivity index (χ0n) is 17.3. The van der Waals surface area contributed by atoms with Gasteiger partial charge in [0.15, 0.2) is 0 Å². The average molecular weight is 412 g/mol. The summed E-state index contributed by atoms with van der Waals surface area (Å²) in [5.74, 6) is 1.52. The minimum Gasteiger partial charge on any atom is -0.494 e. The molecule has 0 radical (unpaired) electrons. The minimum absolute atomic E-state index is 0.00418. The first kappa shape index (κ1) is 20.4. The molecule has 8 nitrogen and oxygen atoms in total. The number of nitrogens with zero attached hydrogens (tertiary/aromatic N) is 3. The zero-order valence-corrected chi connectivity index (χ0v) is 17.3. The molecule has 1 atom stereocenters. The van der Waals surface area contributed by atoms with Crippen LogP contribution in [0.4, 0.5) is 11.7 Å². The van der Waals surface area contributed by atoms with Gasteiger partial charge in [-0.2, -0.15) is 0 Å². The first-order valence-electron chi connectivity index (χ1n) is 10.8. The number of carbonyl (C=O) groups excluding carboxylic acids is 2. The van der Waals surface area contributed by atoms with Gasteiger partial charge in [0.05, 0.1) is 12.5 Å². The molecule has 1 saturated heterocycles. The predicted octanol–water partition coefficient (Wildman–Crippen LogP) is 3.90. The molecule has 2 fully saturated rings. The Hall–Kier alpha value is -2.90. The summed E-state index contributed by atoms with van der Waals surface area (Å²) >= 11 is 0. The van der Waals surface area contributed by atoms with Crippen molar-refractivity contribution in [2.24, 2.45) is 5.92 Å². The van der Waals surface area contributed by atoms with Gasteiger partial charge >= 0.3 is 6.01 Å². The second-order valence-electron chi connectivity index (χ2n) is 8.02. The summed E-state index contributed by atoms with van der Waals surface area (Å²) in [7, 11) is 0. The Morgan fingerprint density at radius 1 is 1.23 bits per heavy atom. The Morgan fingerprint density at radius 2 is 2.00 bits per heavy atom. The molecule has 1 saturated carbocycles. The number of hydrogen-bond donors (Lipinski definition) is 1. The summed E-state index contributed by atoms with van der Waals surface area (Å²) in [5, 5.41) is 10.7. The number of benzene rings is 1. The van der Waals surface area contributed by atoms with E-state index in [0.717, 1.165) is 17.9 Å². The molecule has 2 heterocycles. The van der Waals surface area contributed by atoms with Crippen molar-refractivity contribution >= 4 is 23.5 Å². The normalized spacial score (nSPS) is 19.4. The van der Waals surface area contributed by atoms with E-state index in [1.165, 1.54) is 25.7 Å².